The molecule has 0 spiro atoms. The van der Waals surface area contributed by atoms with Gasteiger partial charge in [-0.05, 0) is 6.42 Å². The maximum Gasteiger partial charge on any atom is 0.320 e. The number of carboxylic acids is 1. The normalized spacial score (nSPS) is 15.7. The van der Waals surface area contributed by atoms with E-state index in [2.05, 4.69) is 4.74 Å². The summed E-state index contributed by atoms with van der Waals surface area (Å²) in [5, 5.41) is 26.0. The molecule has 98 valence electrons. The Bertz CT molecular complexity index is 281. The van der Waals surface area contributed by atoms with E-state index in [1.165, 1.54) is 0 Å². The number of aliphatic hydroxyl groups is 2. The summed E-state index contributed by atoms with van der Waals surface area (Å²) in [4.78, 5) is 31.9. The first-order chi connectivity index (χ1) is 7.92. The molecule has 0 aliphatic heterocycles. The number of aliphatic hydroxyl groups excluding tert-OH is 2. The minimum Gasteiger partial charge on any atom is -0.480 e. The van der Waals surface area contributed by atoms with Crippen LogP contribution in [0.25, 0.3) is 0 Å². The highest BCUT2D eigenvalue weighted by atomic mass is 16.6. The molecule has 0 fully saturated rings. The van der Waals surface area contributed by atoms with Crippen LogP contribution in [-0.4, -0.2) is 58.4 Å². The molecule has 0 aromatic rings. The molecule has 5 N–H and O–H groups in total. The summed E-state index contributed by atoms with van der Waals surface area (Å²) in [5.74, 6) is -2.12. The lowest BCUT2D eigenvalue weighted by atomic mass is 10.1. The fraction of sp³-hybridized carbons (Fsp3) is 0.667. The van der Waals surface area contributed by atoms with Crippen LogP contribution in [0.2, 0.25) is 0 Å². The molecule has 0 heterocycles. The second-order valence-corrected chi connectivity index (χ2v) is 3.32. The SMILES string of the molecule is N[C@@H](CCC(=O)O[C@@H](C=O)[C@H](O)CO)C(=O)O. The third kappa shape index (κ3) is 5.95. The molecule has 0 radical (unpaired) electrons. The van der Waals surface area contributed by atoms with Gasteiger partial charge in [0.05, 0.1) is 6.61 Å². The zero-order valence-corrected chi connectivity index (χ0v) is 8.98. The van der Waals surface area contributed by atoms with Crippen molar-refractivity contribution >= 4 is 18.2 Å². The second-order valence-electron chi connectivity index (χ2n) is 3.32. The summed E-state index contributed by atoms with van der Waals surface area (Å²) in [7, 11) is 0. The van der Waals surface area contributed by atoms with Crippen molar-refractivity contribution in [2.24, 2.45) is 5.73 Å². The number of nitrogens with two attached hydrogens (primary N) is 1. The number of esters is 1. The molecule has 0 saturated heterocycles. The van der Waals surface area contributed by atoms with Crippen molar-refractivity contribution in [1.29, 1.82) is 0 Å². The van der Waals surface area contributed by atoms with Crippen LogP contribution in [0.1, 0.15) is 12.8 Å². The van der Waals surface area contributed by atoms with Gasteiger partial charge >= 0.3 is 11.9 Å². The molecule has 0 rings (SSSR count). The fourth-order valence-electron chi connectivity index (χ4n) is 0.908. The van der Waals surface area contributed by atoms with E-state index in [1.54, 1.807) is 0 Å². The number of aliphatic carboxylic acids is 1. The van der Waals surface area contributed by atoms with Gasteiger partial charge in [-0.25, -0.2) is 0 Å². The summed E-state index contributed by atoms with van der Waals surface area (Å²) in [6.07, 6.45) is -3.22. The molecule has 8 nitrogen and oxygen atoms in total. The Morgan fingerprint density at radius 1 is 1.41 bits per heavy atom. The molecule has 0 aliphatic rings. The van der Waals surface area contributed by atoms with Crippen molar-refractivity contribution in [3.8, 4) is 0 Å². The fourth-order valence-corrected chi connectivity index (χ4v) is 0.908. The molecule has 0 amide bonds. The molecule has 0 bridgehead atoms. The standard InChI is InChI=1S/C9H15NO7/c10-5(9(15)16)1-2-8(14)17-7(4-12)6(13)3-11/h4-7,11,13H,1-3,10H2,(H,15,16)/t5-,6+,7-/m0/s1. The van der Waals surface area contributed by atoms with Gasteiger partial charge in [0.15, 0.2) is 12.4 Å². The maximum atomic E-state index is 11.1. The molecule has 0 aromatic carbocycles. The van der Waals surface area contributed by atoms with Crippen LogP contribution in [0.3, 0.4) is 0 Å². The highest BCUT2D eigenvalue weighted by molar-refractivity contribution is 5.76. The average Bonchev–Trinajstić information content (AvgIpc) is 2.31. The number of carbonyl (C=O) groups excluding carboxylic acids is 2. The number of hydrogen-bond donors (Lipinski definition) is 4. The molecule has 3 atom stereocenters. The maximum absolute atomic E-state index is 11.1. The Balaban J connectivity index is 4.07. The molecule has 8 heteroatoms. The van der Waals surface area contributed by atoms with Crippen molar-refractivity contribution < 1.29 is 34.4 Å². The summed E-state index contributed by atoms with van der Waals surface area (Å²) in [6.45, 7) is -0.731. The first-order valence-electron chi connectivity index (χ1n) is 4.84. The first kappa shape index (κ1) is 15.5. The Kier molecular flexibility index (Phi) is 7.03. The van der Waals surface area contributed by atoms with Crippen LogP contribution < -0.4 is 5.73 Å². The summed E-state index contributed by atoms with van der Waals surface area (Å²) in [6, 6.07) is -1.19. The third-order valence-electron chi connectivity index (χ3n) is 1.94. The third-order valence-corrected chi connectivity index (χ3v) is 1.94. The topological polar surface area (TPSA) is 147 Å². The predicted molar refractivity (Wildman–Crippen MR) is 53.9 cm³/mol. The van der Waals surface area contributed by atoms with Crippen molar-refractivity contribution in [1.82, 2.24) is 0 Å². The van der Waals surface area contributed by atoms with Gasteiger partial charge in [-0.1, -0.05) is 0 Å². The van der Waals surface area contributed by atoms with Crippen molar-refractivity contribution in [3.63, 3.8) is 0 Å². The van der Waals surface area contributed by atoms with Crippen LogP contribution in [0.5, 0.6) is 0 Å². The molecule has 0 aliphatic carbocycles. The van der Waals surface area contributed by atoms with E-state index in [0.29, 0.717) is 0 Å². The second kappa shape index (κ2) is 7.71. The molecule has 17 heavy (non-hydrogen) atoms. The predicted octanol–water partition coefficient (Wildman–Crippen LogP) is -2.36. The molecule has 0 saturated carbocycles. The van der Waals surface area contributed by atoms with E-state index in [4.69, 9.17) is 21.1 Å². The number of aldehydes is 1. The highest BCUT2D eigenvalue weighted by Gasteiger charge is 2.23. The number of rotatable bonds is 8. The first-order valence-corrected chi connectivity index (χ1v) is 4.84. The number of carbonyl (C=O) groups is 3. The van der Waals surface area contributed by atoms with Gasteiger partial charge in [0.25, 0.3) is 0 Å². The molecular weight excluding hydrogens is 234 g/mol. The number of ether oxygens (including phenoxy) is 1. The Morgan fingerprint density at radius 2 is 2.00 bits per heavy atom. The zero-order valence-electron chi connectivity index (χ0n) is 8.98. The molecule has 0 unspecified atom stereocenters. The van der Waals surface area contributed by atoms with Crippen molar-refractivity contribution in [2.45, 2.75) is 31.1 Å². The lowest BCUT2D eigenvalue weighted by Gasteiger charge is -2.16. The van der Waals surface area contributed by atoms with Gasteiger partial charge in [-0.15, -0.1) is 0 Å². The van der Waals surface area contributed by atoms with Crippen LogP contribution in [0.4, 0.5) is 0 Å². The van der Waals surface area contributed by atoms with E-state index >= 15 is 0 Å². The summed E-state index contributed by atoms with van der Waals surface area (Å²) >= 11 is 0. The van der Waals surface area contributed by atoms with Gasteiger partial charge in [-0.3, -0.25) is 14.4 Å². The number of carboxylic acid groups (broad SMARTS) is 1. The van der Waals surface area contributed by atoms with E-state index in [-0.39, 0.29) is 19.1 Å². The Morgan fingerprint density at radius 3 is 2.41 bits per heavy atom. The summed E-state index contributed by atoms with van der Waals surface area (Å²) < 4.78 is 4.52. The van der Waals surface area contributed by atoms with E-state index in [9.17, 15) is 14.4 Å². The van der Waals surface area contributed by atoms with Crippen molar-refractivity contribution in [3.05, 3.63) is 0 Å². The average molecular weight is 249 g/mol. The van der Waals surface area contributed by atoms with Gasteiger partial charge in [0.2, 0.25) is 0 Å². The smallest absolute Gasteiger partial charge is 0.320 e. The Hall–Kier alpha value is -1.51. The lowest BCUT2D eigenvalue weighted by molar-refractivity contribution is -0.159. The minimum absolute atomic E-state index is 0.144. The van der Waals surface area contributed by atoms with E-state index in [0.717, 1.165) is 0 Å². The van der Waals surface area contributed by atoms with E-state index < -0.39 is 36.8 Å². The van der Waals surface area contributed by atoms with Crippen LogP contribution >= 0.6 is 0 Å². The quantitative estimate of drug-likeness (QED) is 0.276. The van der Waals surface area contributed by atoms with Gasteiger partial charge < -0.3 is 25.8 Å². The molecular formula is C9H15NO7. The monoisotopic (exact) mass is 249 g/mol. The van der Waals surface area contributed by atoms with Crippen molar-refractivity contribution in [2.75, 3.05) is 6.61 Å². The van der Waals surface area contributed by atoms with Crippen LogP contribution in [0, 0.1) is 0 Å². The highest BCUT2D eigenvalue weighted by Crippen LogP contribution is 2.02. The van der Waals surface area contributed by atoms with E-state index in [1.807, 2.05) is 0 Å². The molecule has 0 aromatic heterocycles. The van der Waals surface area contributed by atoms with Gasteiger partial charge in [0, 0.05) is 6.42 Å². The lowest BCUT2D eigenvalue weighted by Crippen LogP contribution is -2.36. The zero-order chi connectivity index (χ0) is 13.4. The largest absolute Gasteiger partial charge is 0.480 e. The minimum atomic E-state index is -1.50. The van der Waals surface area contributed by atoms with Gasteiger partial charge in [-0.2, -0.15) is 0 Å². The Labute approximate surface area is 97.0 Å². The number of hydrogen-bond acceptors (Lipinski definition) is 7. The van der Waals surface area contributed by atoms with Crippen LogP contribution in [0.15, 0.2) is 0 Å². The van der Waals surface area contributed by atoms with Gasteiger partial charge in [0.1, 0.15) is 12.1 Å². The van der Waals surface area contributed by atoms with Crippen LogP contribution in [-0.2, 0) is 19.1 Å². The summed E-state index contributed by atoms with van der Waals surface area (Å²) in [5.41, 5.74) is 5.15.